The van der Waals surface area contributed by atoms with Crippen molar-refractivity contribution in [3.63, 3.8) is 0 Å². The maximum absolute atomic E-state index is 9.75. The maximum atomic E-state index is 9.75. The molecule has 0 aromatic carbocycles. The van der Waals surface area contributed by atoms with E-state index in [0.717, 1.165) is 13.0 Å². The lowest BCUT2D eigenvalue weighted by Gasteiger charge is -2.00. The van der Waals surface area contributed by atoms with Gasteiger partial charge in [0.05, 0.1) is 12.7 Å². The van der Waals surface area contributed by atoms with E-state index < -0.39 is 7.25 Å². The van der Waals surface area contributed by atoms with Gasteiger partial charge in [-0.15, -0.1) is 6.58 Å². The first-order valence-electron chi connectivity index (χ1n) is 3.97. The van der Waals surface area contributed by atoms with Crippen LogP contribution in [0.2, 0.25) is 0 Å². The highest BCUT2D eigenvalue weighted by Gasteiger charge is 2.20. The topological polar surface area (TPSA) is 16.8 Å². The Balaban J connectivity index is 0.000000292. The molecule has 0 radical (unpaired) electrons. The fraction of sp³-hybridized carbons (Fsp3) is 0.286. The third-order valence-corrected chi connectivity index (χ3v) is 1.25. The van der Waals surface area contributed by atoms with E-state index in [1.54, 1.807) is 0 Å². The van der Waals surface area contributed by atoms with Gasteiger partial charge in [0.1, 0.15) is 6.20 Å². The molecule has 1 heterocycles. The Morgan fingerprint density at radius 2 is 1.93 bits per heavy atom. The smallest absolute Gasteiger partial charge is 0.418 e. The number of quaternary nitrogens is 1. The number of rotatable bonds is 3. The maximum Gasteiger partial charge on any atom is 0.673 e. The predicted octanol–water partition coefficient (Wildman–Crippen LogP) is 1.26. The van der Waals surface area contributed by atoms with Gasteiger partial charge < -0.3 is 17.3 Å². The van der Waals surface area contributed by atoms with E-state index in [2.05, 4.69) is 11.6 Å². The molecule has 0 fully saturated rings. The molecule has 0 spiro atoms. The van der Waals surface area contributed by atoms with Crippen LogP contribution in [-0.2, 0) is 0 Å². The monoisotopic (exact) mass is 210 g/mol. The average molecular weight is 210 g/mol. The third kappa shape index (κ3) is 10.9. The lowest BCUT2D eigenvalue weighted by molar-refractivity contribution is -0.735. The van der Waals surface area contributed by atoms with Crippen LogP contribution in [0.15, 0.2) is 30.0 Å². The van der Waals surface area contributed by atoms with Gasteiger partial charge in [0.15, 0.2) is 6.34 Å². The fourth-order valence-corrected chi connectivity index (χ4v) is 0.737. The number of hydrogen-bond acceptors (Lipinski definition) is 1. The minimum absolute atomic E-state index is 1.05. The number of aliphatic imine (C=N–C) groups is 1. The van der Waals surface area contributed by atoms with Gasteiger partial charge in [0, 0.05) is 6.42 Å². The zero-order valence-corrected chi connectivity index (χ0v) is 7.47. The van der Waals surface area contributed by atoms with Gasteiger partial charge in [-0.25, -0.2) is 4.99 Å². The summed E-state index contributed by atoms with van der Waals surface area (Å²) in [6.07, 6.45) is 8.71. The molecule has 7 heteroatoms. The number of halogens is 4. The summed E-state index contributed by atoms with van der Waals surface area (Å²) in [6, 6.07) is 0. The quantitative estimate of drug-likeness (QED) is 0.410. The summed E-state index contributed by atoms with van der Waals surface area (Å²) in [4.78, 5) is 5.24. The van der Waals surface area contributed by atoms with Crippen LogP contribution >= 0.6 is 0 Å². The number of nitrogens with zero attached hydrogens (tertiary/aromatic N) is 1. The molecule has 0 aliphatic carbocycles. The van der Waals surface area contributed by atoms with Crippen LogP contribution in [0, 0.1) is 0 Å². The minimum Gasteiger partial charge on any atom is -0.418 e. The van der Waals surface area contributed by atoms with Gasteiger partial charge >= 0.3 is 7.25 Å². The molecule has 0 saturated carbocycles. The summed E-state index contributed by atoms with van der Waals surface area (Å²) in [6.45, 7) is 4.71. The Bertz CT molecular complexity index is 206. The molecule has 0 saturated heterocycles. The second-order valence-corrected chi connectivity index (χ2v) is 2.49. The molecule has 1 aliphatic heterocycles. The molecule has 1 rings (SSSR count). The van der Waals surface area contributed by atoms with Crippen molar-refractivity contribution < 1.29 is 22.2 Å². The van der Waals surface area contributed by atoms with Crippen LogP contribution < -0.4 is 4.90 Å². The van der Waals surface area contributed by atoms with Crippen LogP contribution in [0.5, 0.6) is 0 Å². The van der Waals surface area contributed by atoms with Crippen molar-refractivity contribution in [3.05, 3.63) is 25.1 Å². The highest BCUT2D eigenvalue weighted by molar-refractivity contribution is 6.50. The number of hydrogen-bond donors (Lipinski definition) is 1. The molecular formula is C7H11BF4N2. The highest BCUT2D eigenvalue weighted by atomic mass is 19.5. The van der Waals surface area contributed by atoms with E-state index in [4.69, 9.17) is 0 Å². The van der Waals surface area contributed by atoms with Gasteiger partial charge in [-0.2, -0.15) is 0 Å². The van der Waals surface area contributed by atoms with Crippen molar-refractivity contribution in [1.29, 1.82) is 0 Å². The van der Waals surface area contributed by atoms with Crippen LogP contribution in [0.3, 0.4) is 0 Å². The normalized spacial score (nSPS) is 19.0. The lowest BCUT2D eigenvalue weighted by Crippen LogP contribution is -3.05. The molecule has 1 N–H and O–H groups in total. The summed E-state index contributed by atoms with van der Waals surface area (Å²) in [7, 11) is -6.00. The molecule has 0 aromatic heterocycles. The first-order chi connectivity index (χ1) is 6.43. The molecule has 2 nitrogen and oxygen atoms in total. The van der Waals surface area contributed by atoms with Crippen LogP contribution in [0.1, 0.15) is 6.42 Å². The Morgan fingerprint density at radius 1 is 1.36 bits per heavy atom. The summed E-state index contributed by atoms with van der Waals surface area (Å²) in [5.74, 6) is 0. The van der Waals surface area contributed by atoms with Gasteiger partial charge in [-0.3, -0.25) is 4.90 Å². The van der Waals surface area contributed by atoms with Gasteiger partial charge in [0.2, 0.25) is 0 Å². The lowest BCUT2D eigenvalue weighted by atomic mass is 10.3. The first kappa shape index (κ1) is 12.9. The van der Waals surface area contributed by atoms with E-state index in [0.29, 0.717) is 0 Å². The molecule has 14 heavy (non-hydrogen) atoms. The van der Waals surface area contributed by atoms with E-state index in [9.17, 15) is 17.3 Å². The first-order valence-corrected chi connectivity index (χ1v) is 3.97. The van der Waals surface area contributed by atoms with Crippen molar-refractivity contribution in [2.24, 2.45) is 4.99 Å². The van der Waals surface area contributed by atoms with E-state index in [-0.39, 0.29) is 0 Å². The largest absolute Gasteiger partial charge is 0.673 e. The summed E-state index contributed by atoms with van der Waals surface area (Å²) in [5, 5.41) is 0. The molecule has 0 aromatic rings. The minimum atomic E-state index is -6.00. The standard InChI is InChI=1S/C7H10N2.BF4/c1-2-3-5-9-6-4-8-7-9;2-1(3,4)5/h2,4,6-7H,1,3,5H2;/q;-1/p+1. The third-order valence-electron chi connectivity index (χ3n) is 1.25. The van der Waals surface area contributed by atoms with Crippen molar-refractivity contribution in [2.75, 3.05) is 6.54 Å². The fourth-order valence-electron chi connectivity index (χ4n) is 0.737. The average Bonchev–Trinajstić information content (AvgIpc) is 2.49. The van der Waals surface area contributed by atoms with Crippen LogP contribution in [0.4, 0.5) is 17.3 Å². The van der Waals surface area contributed by atoms with Crippen LogP contribution in [0.25, 0.3) is 0 Å². The van der Waals surface area contributed by atoms with E-state index in [1.807, 2.05) is 24.8 Å². The molecule has 1 atom stereocenters. The SMILES string of the molecule is C=CCC[NH+]1C=CN=C1.F[B-](F)(F)F. The van der Waals surface area contributed by atoms with Crippen molar-refractivity contribution in [3.8, 4) is 0 Å². The summed E-state index contributed by atoms with van der Waals surface area (Å²) < 4.78 is 39.0. The predicted molar refractivity (Wildman–Crippen MR) is 48.5 cm³/mol. The zero-order chi connectivity index (χ0) is 11.0. The van der Waals surface area contributed by atoms with E-state index >= 15 is 0 Å². The molecule has 0 amide bonds. The van der Waals surface area contributed by atoms with Crippen molar-refractivity contribution in [1.82, 2.24) is 0 Å². The second-order valence-electron chi connectivity index (χ2n) is 2.49. The molecule has 1 unspecified atom stereocenters. The molecular weight excluding hydrogens is 199 g/mol. The second kappa shape index (κ2) is 6.36. The van der Waals surface area contributed by atoms with Gasteiger partial charge in [0.25, 0.3) is 0 Å². The van der Waals surface area contributed by atoms with Gasteiger partial charge in [-0.05, 0) is 0 Å². The molecule has 80 valence electrons. The van der Waals surface area contributed by atoms with Crippen molar-refractivity contribution in [2.45, 2.75) is 6.42 Å². The number of nitrogens with one attached hydrogen (secondary N) is 1. The summed E-state index contributed by atoms with van der Waals surface area (Å²) in [5.41, 5.74) is 0. The van der Waals surface area contributed by atoms with E-state index in [1.165, 1.54) is 4.90 Å². The zero-order valence-electron chi connectivity index (χ0n) is 7.47. The van der Waals surface area contributed by atoms with Crippen LogP contribution in [-0.4, -0.2) is 20.1 Å². The van der Waals surface area contributed by atoms with Crippen molar-refractivity contribution >= 4 is 13.6 Å². The Kier molecular flexibility index (Phi) is 5.86. The molecule has 1 aliphatic rings. The highest BCUT2D eigenvalue weighted by Crippen LogP contribution is 2.06. The Morgan fingerprint density at radius 3 is 2.29 bits per heavy atom. The Hall–Kier alpha value is -1.11. The molecule has 0 bridgehead atoms. The summed E-state index contributed by atoms with van der Waals surface area (Å²) >= 11 is 0. The van der Waals surface area contributed by atoms with Gasteiger partial charge in [-0.1, -0.05) is 6.08 Å². The Labute approximate surface area is 79.7 Å².